The normalized spacial score (nSPS) is 34.0. The predicted molar refractivity (Wildman–Crippen MR) is 73.7 cm³/mol. The van der Waals surface area contributed by atoms with E-state index in [1.807, 2.05) is 12.3 Å². The minimum Gasteiger partial charge on any atom is -0.367 e. The molecule has 3 atom stereocenters. The molecule has 5 heteroatoms. The summed E-state index contributed by atoms with van der Waals surface area (Å²) < 4.78 is 0. The van der Waals surface area contributed by atoms with Crippen LogP contribution in [0.5, 0.6) is 0 Å². The van der Waals surface area contributed by atoms with Crippen molar-refractivity contribution in [2.75, 3.05) is 11.9 Å². The zero-order chi connectivity index (χ0) is 12.7. The molecule has 1 aromatic rings. The van der Waals surface area contributed by atoms with Crippen molar-refractivity contribution >= 4 is 5.82 Å². The summed E-state index contributed by atoms with van der Waals surface area (Å²) in [5.74, 6) is 3.43. The van der Waals surface area contributed by atoms with Gasteiger partial charge in [-0.2, -0.15) is 0 Å². The summed E-state index contributed by atoms with van der Waals surface area (Å²) in [5.41, 5.74) is 6.65. The third-order valence-electron chi connectivity index (χ3n) is 4.60. The Kier molecular flexibility index (Phi) is 2.89. The Morgan fingerprint density at radius 2 is 2.16 bits per heavy atom. The Morgan fingerprint density at radius 1 is 1.21 bits per heavy atom. The Morgan fingerprint density at radius 3 is 3.05 bits per heavy atom. The Bertz CT molecular complexity index is 459. The van der Waals surface area contributed by atoms with Gasteiger partial charge in [0, 0.05) is 30.7 Å². The number of aromatic nitrogens is 2. The molecule has 0 aromatic carbocycles. The van der Waals surface area contributed by atoms with Crippen LogP contribution in [-0.2, 0) is 0 Å². The number of nitrogens with one attached hydrogen (secondary N) is 3. The van der Waals surface area contributed by atoms with Gasteiger partial charge in [0.15, 0.2) is 0 Å². The van der Waals surface area contributed by atoms with Crippen LogP contribution >= 0.6 is 0 Å². The Hall–Kier alpha value is -1.20. The van der Waals surface area contributed by atoms with Gasteiger partial charge in [-0.15, -0.1) is 0 Å². The van der Waals surface area contributed by atoms with Crippen LogP contribution in [0.3, 0.4) is 0 Å². The van der Waals surface area contributed by atoms with Gasteiger partial charge in [0.05, 0.1) is 0 Å². The zero-order valence-corrected chi connectivity index (χ0v) is 11.1. The molecule has 3 unspecified atom stereocenters. The molecule has 2 saturated carbocycles. The Balaban J connectivity index is 1.42. The number of hydrogen-bond donors (Lipinski definition) is 3. The van der Waals surface area contributed by atoms with E-state index in [9.17, 15) is 0 Å². The number of rotatable bonds is 3. The van der Waals surface area contributed by atoms with Gasteiger partial charge in [0.25, 0.3) is 0 Å². The molecule has 1 aliphatic heterocycles. The lowest BCUT2D eigenvalue weighted by molar-refractivity contribution is 0.314. The number of hydrogen-bond acceptors (Lipinski definition) is 5. The van der Waals surface area contributed by atoms with Gasteiger partial charge in [0.2, 0.25) is 0 Å². The van der Waals surface area contributed by atoms with Gasteiger partial charge in [0.1, 0.15) is 11.6 Å². The SMILES string of the molecule is c1cc(NC2CCC3NNCC3C2)nc(C2CC2)n1. The van der Waals surface area contributed by atoms with E-state index in [0.717, 1.165) is 24.1 Å². The van der Waals surface area contributed by atoms with Crippen LogP contribution in [0.2, 0.25) is 0 Å². The van der Waals surface area contributed by atoms with Crippen molar-refractivity contribution in [1.29, 1.82) is 0 Å². The molecule has 1 saturated heterocycles. The van der Waals surface area contributed by atoms with Gasteiger partial charge >= 0.3 is 0 Å². The van der Waals surface area contributed by atoms with Crippen LogP contribution in [0.1, 0.15) is 43.8 Å². The maximum absolute atomic E-state index is 4.66. The smallest absolute Gasteiger partial charge is 0.133 e. The fraction of sp³-hybridized carbons (Fsp3) is 0.714. The molecule has 0 spiro atoms. The summed E-state index contributed by atoms with van der Waals surface area (Å²) >= 11 is 0. The van der Waals surface area contributed by atoms with E-state index in [2.05, 4.69) is 26.1 Å². The first kappa shape index (κ1) is 11.6. The van der Waals surface area contributed by atoms with Gasteiger partial charge in [-0.25, -0.2) is 9.97 Å². The molecule has 3 N–H and O–H groups in total. The van der Waals surface area contributed by atoms with Crippen LogP contribution < -0.4 is 16.2 Å². The predicted octanol–water partition coefficient (Wildman–Crippen LogP) is 1.41. The summed E-state index contributed by atoms with van der Waals surface area (Å²) in [7, 11) is 0. The second-order valence-electron chi connectivity index (χ2n) is 6.12. The van der Waals surface area contributed by atoms with Crippen LogP contribution in [0.15, 0.2) is 12.3 Å². The van der Waals surface area contributed by atoms with Crippen molar-refractivity contribution in [3.05, 3.63) is 18.1 Å². The molecule has 2 heterocycles. The summed E-state index contributed by atoms with van der Waals surface area (Å²) in [5, 5.41) is 3.61. The molecular formula is C14H21N5. The first-order chi connectivity index (χ1) is 9.38. The van der Waals surface area contributed by atoms with E-state index in [1.165, 1.54) is 32.1 Å². The summed E-state index contributed by atoms with van der Waals surface area (Å²) in [6, 6.07) is 3.23. The lowest BCUT2D eigenvalue weighted by Gasteiger charge is -2.31. The molecule has 0 radical (unpaired) electrons. The molecule has 4 rings (SSSR count). The highest BCUT2D eigenvalue weighted by atomic mass is 15.4. The van der Waals surface area contributed by atoms with Crippen molar-refractivity contribution in [1.82, 2.24) is 20.8 Å². The zero-order valence-electron chi connectivity index (χ0n) is 11.1. The van der Waals surface area contributed by atoms with E-state index < -0.39 is 0 Å². The maximum Gasteiger partial charge on any atom is 0.133 e. The second kappa shape index (κ2) is 4.72. The topological polar surface area (TPSA) is 61.9 Å². The maximum atomic E-state index is 4.66. The van der Waals surface area contributed by atoms with E-state index in [0.29, 0.717) is 18.0 Å². The Labute approximate surface area is 113 Å². The standard InChI is InChI=1S/C14H21N5/c1-2-9(1)14-15-6-5-13(18-14)17-11-3-4-12-10(7-11)8-16-19-12/h5-6,9-12,16,19H,1-4,7-8H2,(H,15,17,18). The van der Waals surface area contributed by atoms with Crippen molar-refractivity contribution in [2.45, 2.75) is 50.1 Å². The largest absolute Gasteiger partial charge is 0.367 e. The number of fused-ring (bicyclic) bond motifs is 1. The van der Waals surface area contributed by atoms with E-state index in [-0.39, 0.29) is 0 Å². The molecule has 19 heavy (non-hydrogen) atoms. The number of hydrazine groups is 1. The van der Waals surface area contributed by atoms with Crippen molar-refractivity contribution in [3.8, 4) is 0 Å². The molecule has 0 bridgehead atoms. The van der Waals surface area contributed by atoms with E-state index in [4.69, 9.17) is 0 Å². The molecule has 0 amide bonds. The fourth-order valence-corrected chi connectivity index (χ4v) is 3.33. The minimum atomic E-state index is 0.560. The summed E-state index contributed by atoms with van der Waals surface area (Å²) in [4.78, 5) is 9.04. The van der Waals surface area contributed by atoms with Crippen molar-refractivity contribution in [2.24, 2.45) is 5.92 Å². The van der Waals surface area contributed by atoms with E-state index >= 15 is 0 Å². The monoisotopic (exact) mass is 259 g/mol. The first-order valence-corrected chi connectivity index (χ1v) is 7.46. The first-order valence-electron chi connectivity index (χ1n) is 7.46. The molecule has 3 fully saturated rings. The number of nitrogens with zero attached hydrogens (tertiary/aromatic N) is 2. The average Bonchev–Trinajstić information content (AvgIpc) is 3.18. The molecule has 5 nitrogen and oxygen atoms in total. The average molecular weight is 259 g/mol. The van der Waals surface area contributed by atoms with Crippen molar-refractivity contribution in [3.63, 3.8) is 0 Å². The van der Waals surface area contributed by atoms with Crippen LogP contribution in [0.25, 0.3) is 0 Å². The van der Waals surface area contributed by atoms with Gasteiger partial charge < -0.3 is 5.32 Å². The molecular weight excluding hydrogens is 238 g/mol. The third-order valence-corrected chi connectivity index (χ3v) is 4.60. The summed E-state index contributed by atoms with van der Waals surface area (Å²) in [6.45, 7) is 1.10. The van der Waals surface area contributed by atoms with Gasteiger partial charge in [-0.05, 0) is 44.1 Å². The highest BCUT2D eigenvalue weighted by Gasteiger charge is 2.34. The fourth-order valence-electron chi connectivity index (χ4n) is 3.33. The quantitative estimate of drug-likeness (QED) is 0.766. The lowest BCUT2D eigenvalue weighted by Crippen LogP contribution is -2.39. The lowest BCUT2D eigenvalue weighted by atomic mass is 9.83. The van der Waals surface area contributed by atoms with E-state index in [1.54, 1.807) is 0 Å². The molecule has 102 valence electrons. The van der Waals surface area contributed by atoms with Crippen LogP contribution in [-0.4, -0.2) is 28.6 Å². The van der Waals surface area contributed by atoms with Crippen LogP contribution in [0, 0.1) is 5.92 Å². The number of anilines is 1. The molecule has 3 aliphatic rings. The van der Waals surface area contributed by atoms with Gasteiger partial charge in [-0.1, -0.05) is 0 Å². The molecule has 1 aromatic heterocycles. The summed E-state index contributed by atoms with van der Waals surface area (Å²) in [6.07, 6.45) is 8.11. The highest BCUT2D eigenvalue weighted by molar-refractivity contribution is 5.35. The van der Waals surface area contributed by atoms with Crippen molar-refractivity contribution < 1.29 is 0 Å². The highest BCUT2D eigenvalue weighted by Crippen LogP contribution is 2.38. The second-order valence-corrected chi connectivity index (χ2v) is 6.12. The third kappa shape index (κ3) is 2.44. The minimum absolute atomic E-state index is 0.560. The van der Waals surface area contributed by atoms with Crippen LogP contribution in [0.4, 0.5) is 5.82 Å². The molecule has 2 aliphatic carbocycles. The van der Waals surface area contributed by atoms with Gasteiger partial charge in [-0.3, -0.25) is 10.9 Å².